The highest BCUT2D eigenvalue weighted by Gasteiger charge is 2.42. The number of para-hydroxylation sites is 1. The van der Waals surface area contributed by atoms with Crippen LogP contribution in [0.15, 0.2) is 24.3 Å². The van der Waals surface area contributed by atoms with Gasteiger partial charge in [0.1, 0.15) is 11.4 Å². The van der Waals surface area contributed by atoms with Crippen LogP contribution < -0.4 is 4.74 Å². The van der Waals surface area contributed by atoms with Gasteiger partial charge in [0.05, 0.1) is 6.61 Å². The van der Waals surface area contributed by atoms with Gasteiger partial charge in [0.2, 0.25) is 0 Å². The summed E-state index contributed by atoms with van der Waals surface area (Å²) >= 11 is 1.82. The van der Waals surface area contributed by atoms with E-state index in [1.807, 2.05) is 43.0 Å². The van der Waals surface area contributed by atoms with E-state index in [0.29, 0.717) is 6.61 Å². The third-order valence-corrected chi connectivity index (χ3v) is 4.51. The first-order valence-electron chi connectivity index (χ1n) is 5.74. The highest BCUT2D eigenvalue weighted by Crippen LogP contribution is 2.45. The van der Waals surface area contributed by atoms with E-state index >= 15 is 0 Å². The number of benzene rings is 1. The average Bonchev–Trinajstić information content (AvgIpc) is 2.62. The van der Waals surface area contributed by atoms with Crippen LogP contribution in [0.3, 0.4) is 0 Å². The van der Waals surface area contributed by atoms with Gasteiger partial charge in [-0.15, -0.1) is 0 Å². The fraction of sp³-hybridized carbons (Fsp3) is 0.538. The molecule has 0 aromatic heterocycles. The second-order valence-electron chi connectivity index (χ2n) is 4.12. The van der Waals surface area contributed by atoms with Crippen molar-refractivity contribution < 1.29 is 9.84 Å². The van der Waals surface area contributed by atoms with Gasteiger partial charge in [0.25, 0.3) is 0 Å². The fourth-order valence-electron chi connectivity index (χ4n) is 2.19. The van der Waals surface area contributed by atoms with Crippen molar-refractivity contribution in [2.75, 3.05) is 12.4 Å². The van der Waals surface area contributed by atoms with Crippen molar-refractivity contribution in [3.8, 4) is 5.75 Å². The second-order valence-corrected chi connectivity index (χ2v) is 5.57. The number of hydrogen-bond acceptors (Lipinski definition) is 3. The molecule has 1 aliphatic rings. The van der Waals surface area contributed by atoms with Crippen LogP contribution in [0.2, 0.25) is 0 Å². The van der Waals surface area contributed by atoms with Gasteiger partial charge in [-0.05, 0) is 25.2 Å². The molecule has 2 rings (SSSR count). The van der Waals surface area contributed by atoms with Crippen LogP contribution in [-0.2, 0) is 5.60 Å². The molecule has 2 atom stereocenters. The van der Waals surface area contributed by atoms with Gasteiger partial charge >= 0.3 is 0 Å². The molecule has 16 heavy (non-hydrogen) atoms. The minimum Gasteiger partial charge on any atom is -0.493 e. The number of aliphatic hydroxyl groups is 1. The molecule has 88 valence electrons. The average molecular weight is 238 g/mol. The number of thioether (sulfide) groups is 1. The predicted octanol–water partition coefficient (Wildman–Crippen LogP) is 2.80. The zero-order valence-electron chi connectivity index (χ0n) is 9.77. The Morgan fingerprint density at radius 1 is 1.50 bits per heavy atom. The van der Waals surface area contributed by atoms with Gasteiger partial charge in [0.15, 0.2) is 0 Å². The summed E-state index contributed by atoms with van der Waals surface area (Å²) in [4.78, 5) is 0. The SMILES string of the molecule is CCOc1ccccc1C1(O)CCSC1C. The molecule has 1 aliphatic heterocycles. The van der Waals surface area contributed by atoms with Gasteiger partial charge in [0, 0.05) is 10.8 Å². The molecule has 2 unspecified atom stereocenters. The van der Waals surface area contributed by atoms with E-state index in [-0.39, 0.29) is 5.25 Å². The van der Waals surface area contributed by atoms with Crippen LogP contribution in [0, 0.1) is 0 Å². The van der Waals surface area contributed by atoms with Crippen LogP contribution in [0.4, 0.5) is 0 Å². The first-order valence-corrected chi connectivity index (χ1v) is 6.79. The third-order valence-electron chi connectivity index (χ3n) is 3.18. The molecule has 0 radical (unpaired) electrons. The largest absolute Gasteiger partial charge is 0.493 e. The Bertz CT molecular complexity index is 367. The van der Waals surface area contributed by atoms with Crippen LogP contribution in [0.5, 0.6) is 5.75 Å². The molecule has 0 amide bonds. The lowest BCUT2D eigenvalue weighted by atomic mass is 9.88. The van der Waals surface area contributed by atoms with Crippen LogP contribution >= 0.6 is 11.8 Å². The van der Waals surface area contributed by atoms with Gasteiger partial charge in [-0.2, -0.15) is 11.8 Å². The first-order chi connectivity index (χ1) is 7.68. The van der Waals surface area contributed by atoms with Crippen LogP contribution in [0.25, 0.3) is 0 Å². The first kappa shape index (κ1) is 11.8. The molecule has 1 heterocycles. The Labute approximate surface area is 101 Å². The van der Waals surface area contributed by atoms with Gasteiger partial charge in [-0.1, -0.05) is 25.1 Å². The normalized spacial score (nSPS) is 29.3. The molecule has 0 aliphatic carbocycles. The molecule has 3 heteroatoms. The standard InChI is InChI=1S/C13H18O2S/c1-3-15-12-7-5-4-6-11(12)13(14)8-9-16-10(13)2/h4-7,10,14H,3,8-9H2,1-2H3. The quantitative estimate of drug-likeness (QED) is 0.878. The van der Waals surface area contributed by atoms with E-state index in [1.165, 1.54) is 0 Å². The molecule has 1 N–H and O–H groups in total. The Kier molecular flexibility index (Phi) is 3.45. The molecule has 0 bridgehead atoms. The lowest BCUT2D eigenvalue weighted by Crippen LogP contribution is -2.31. The number of hydrogen-bond donors (Lipinski definition) is 1. The second kappa shape index (κ2) is 4.68. The maximum atomic E-state index is 10.7. The van der Waals surface area contributed by atoms with Gasteiger partial charge in [-0.25, -0.2) is 0 Å². The highest BCUT2D eigenvalue weighted by atomic mass is 32.2. The third kappa shape index (κ3) is 1.94. The van der Waals surface area contributed by atoms with E-state index in [1.54, 1.807) is 0 Å². The minimum absolute atomic E-state index is 0.231. The van der Waals surface area contributed by atoms with Crippen molar-refractivity contribution in [2.24, 2.45) is 0 Å². The Balaban J connectivity index is 2.38. The zero-order chi connectivity index (χ0) is 11.6. The Hall–Kier alpha value is -0.670. The summed E-state index contributed by atoms with van der Waals surface area (Å²) in [6, 6.07) is 7.83. The molecular formula is C13H18O2S. The van der Waals surface area contributed by atoms with Gasteiger partial charge in [-0.3, -0.25) is 0 Å². The number of rotatable bonds is 3. The maximum absolute atomic E-state index is 10.7. The Morgan fingerprint density at radius 2 is 2.25 bits per heavy atom. The van der Waals surface area contributed by atoms with E-state index in [4.69, 9.17) is 4.74 Å². The minimum atomic E-state index is -0.726. The summed E-state index contributed by atoms with van der Waals surface area (Å²) < 4.78 is 5.59. The smallest absolute Gasteiger partial charge is 0.125 e. The summed E-state index contributed by atoms with van der Waals surface area (Å²) in [6.45, 7) is 4.68. The fourth-order valence-corrected chi connectivity index (χ4v) is 3.49. The van der Waals surface area contributed by atoms with Crippen molar-refractivity contribution in [1.82, 2.24) is 0 Å². The highest BCUT2D eigenvalue weighted by molar-refractivity contribution is 8.00. The summed E-state index contributed by atoms with van der Waals surface area (Å²) in [5.41, 5.74) is 0.213. The molecular weight excluding hydrogens is 220 g/mol. The predicted molar refractivity (Wildman–Crippen MR) is 68.0 cm³/mol. The lowest BCUT2D eigenvalue weighted by molar-refractivity contribution is 0.0397. The van der Waals surface area contributed by atoms with E-state index in [0.717, 1.165) is 23.5 Å². The zero-order valence-corrected chi connectivity index (χ0v) is 10.6. The van der Waals surface area contributed by atoms with Crippen molar-refractivity contribution in [2.45, 2.75) is 31.1 Å². The maximum Gasteiger partial charge on any atom is 0.125 e. The van der Waals surface area contributed by atoms with E-state index < -0.39 is 5.60 Å². The molecule has 1 fully saturated rings. The molecule has 0 spiro atoms. The summed E-state index contributed by atoms with van der Waals surface area (Å²) in [5.74, 6) is 1.83. The molecule has 2 nitrogen and oxygen atoms in total. The summed E-state index contributed by atoms with van der Waals surface area (Å²) in [5, 5.41) is 11.0. The topological polar surface area (TPSA) is 29.5 Å². The molecule has 1 saturated heterocycles. The van der Waals surface area contributed by atoms with Crippen molar-refractivity contribution in [1.29, 1.82) is 0 Å². The lowest BCUT2D eigenvalue weighted by Gasteiger charge is -2.29. The van der Waals surface area contributed by atoms with Crippen LogP contribution in [-0.4, -0.2) is 22.7 Å². The van der Waals surface area contributed by atoms with Gasteiger partial charge < -0.3 is 9.84 Å². The van der Waals surface area contributed by atoms with E-state index in [2.05, 4.69) is 6.92 Å². The summed E-state index contributed by atoms with van der Waals surface area (Å²) in [6.07, 6.45) is 0.808. The van der Waals surface area contributed by atoms with Crippen LogP contribution in [0.1, 0.15) is 25.8 Å². The monoisotopic (exact) mass is 238 g/mol. The molecule has 1 aromatic rings. The summed E-state index contributed by atoms with van der Waals surface area (Å²) in [7, 11) is 0. The van der Waals surface area contributed by atoms with Crippen molar-refractivity contribution in [3.05, 3.63) is 29.8 Å². The molecule has 1 aromatic carbocycles. The van der Waals surface area contributed by atoms with E-state index in [9.17, 15) is 5.11 Å². The van der Waals surface area contributed by atoms with Crippen molar-refractivity contribution in [3.63, 3.8) is 0 Å². The Morgan fingerprint density at radius 3 is 2.88 bits per heavy atom. The number of ether oxygens (including phenoxy) is 1. The molecule has 0 saturated carbocycles. The van der Waals surface area contributed by atoms with Crippen molar-refractivity contribution >= 4 is 11.8 Å².